The Morgan fingerprint density at radius 1 is 1.35 bits per heavy atom. The van der Waals surface area contributed by atoms with E-state index in [-0.39, 0.29) is 6.61 Å². The van der Waals surface area contributed by atoms with Gasteiger partial charge < -0.3 is 14.7 Å². The Hall–Kier alpha value is -1.06. The highest BCUT2D eigenvalue weighted by molar-refractivity contribution is 5.37. The fourth-order valence-corrected chi connectivity index (χ4v) is 2.03. The Kier molecular flexibility index (Phi) is 5.45. The smallest absolute Gasteiger partial charge is 0.123 e. The van der Waals surface area contributed by atoms with Crippen LogP contribution in [0.15, 0.2) is 18.2 Å². The zero-order valence-electron chi connectivity index (χ0n) is 11.2. The fraction of sp³-hybridized carbons (Fsp3) is 0.571. The summed E-state index contributed by atoms with van der Waals surface area (Å²) in [5.41, 5.74) is 2.06. The average molecular weight is 237 g/mol. The molecule has 0 aliphatic heterocycles. The van der Waals surface area contributed by atoms with Crippen LogP contribution in [-0.4, -0.2) is 30.7 Å². The highest BCUT2D eigenvalue weighted by atomic mass is 16.5. The van der Waals surface area contributed by atoms with Crippen LogP contribution in [0.5, 0.6) is 5.75 Å². The topological polar surface area (TPSA) is 32.7 Å². The van der Waals surface area contributed by atoms with Crippen molar-refractivity contribution in [3.63, 3.8) is 0 Å². The standard InChI is InChI=1S/C14H23NO2/c1-11(2)8-15(3)9-13-7-12(10-16)5-6-14(13)17-4/h5-7,11,16H,8-10H2,1-4H3. The number of benzene rings is 1. The fourth-order valence-electron chi connectivity index (χ4n) is 2.03. The molecule has 0 bridgehead atoms. The van der Waals surface area contributed by atoms with Crippen molar-refractivity contribution in [3.8, 4) is 5.75 Å². The quantitative estimate of drug-likeness (QED) is 0.824. The summed E-state index contributed by atoms with van der Waals surface area (Å²) < 4.78 is 5.34. The molecule has 0 saturated carbocycles. The molecule has 0 fully saturated rings. The van der Waals surface area contributed by atoms with E-state index in [4.69, 9.17) is 9.84 Å². The molecule has 0 saturated heterocycles. The maximum Gasteiger partial charge on any atom is 0.123 e. The maximum absolute atomic E-state index is 9.15. The van der Waals surface area contributed by atoms with E-state index >= 15 is 0 Å². The van der Waals surface area contributed by atoms with Crippen molar-refractivity contribution in [2.45, 2.75) is 27.0 Å². The monoisotopic (exact) mass is 237 g/mol. The number of methoxy groups -OCH3 is 1. The third kappa shape index (κ3) is 4.36. The van der Waals surface area contributed by atoms with E-state index in [1.54, 1.807) is 7.11 Å². The number of hydrogen-bond donors (Lipinski definition) is 1. The van der Waals surface area contributed by atoms with Gasteiger partial charge in [-0.15, -0.1) is 0 Å². The minimum Gasteiger partial charge on any atom is -0.496 e. The molecule has 1 aromatic rings. The normalized spacial score (nSPS) is 11.2. The van der Waals surface area contributed by atoms with E-state index in [0.29, 0.717) is 5.92 Å². The summed E-state index contributed by atoms with van der Waals surface area (Å²) in [5, 5.41) is 9.15. The van der Waals surface area contributed by atoms with Gasteiger partial charge in [0.25, 0.3) is 0 Å². The molecule has 0 atom stereocenters. The molecule has 0 amide bonds. The van der Waals surface area contributed by atoms with Crippen molar-refractivity contribution in [2.24, 2.45) is 5.92 Å². The first-order valence-electron chi connectivity index (χ1n) is 6.02. The minimum atomic E-state index is 0.0743. The molecular formula is C14H23NO2. The Bertz CT molecular complexity index is 350. The van der Waals surface area contributed by atoms with Crippen molar-refractivity contribution in [2.75, 3.05) is 20.7 Å². The molecule has 0 unspecified atom stereocenters. The zero-order chi connectivity index (χ0) is 12.8. The van der Waals surface area contributed by atoms with Crippen molar-refractivity contribution in [1.82, 2.24) is 4.90 Å². The Morgan fingerprint density at radius 3 is 2.59 bits per heavy atom. The predicted molar refractivity (Wildman–Crippen MR) is 70.1 cm³/mol. The van der Waals surface area contributed by atoms with Gasteiger partial charge in [-0.2, -0.15) is 0 Å². The number of nitrogens with zero attached hydrogens (tertiary/aromatic N) is 1. The molecule has 1 rings (SSSR count). The van der Waals surface area contributed by atoms with Crippen LogP contribution in [0.25, 0.3) is 0 Å². The Morgan fingerprint density at radius 2 is 2.06 bits per heavy atom. The van der Waals surface area contributed by atoms with Gasteiger partial charge in [-0.3, -0.25) is 0 Å². The lowest BCUT2D eigenvalue weighted by atomic mass is 10.1. The zero-order valence-corrected chi connectivity index (χ0v) is 11.2. The van der Waals surface area contributed by atoms with E-state index in [2.05, 4.69) is 25.8 Å². The van der Waals surface area contributed by atoms with Crippen molar-refractivity contribution >= 4 is 0 Å². The third-order valence-corrected chi connectivity index (χ3v) is 2.64. The van der Waals surface area contributed by atoms with E-state index in [1.807, 2.05) is 18.2 Å². The molecule has 17 heavy (non-hydrogen) atoms. The number of ether oxygens (including phenoxy) is 1. The summed E-state index contributed by atoms with van der Waals surface area (Å²) in [6.45, 7) is 6.38. The van der Waals surface area contributed by atoms with Gasteiger partial charge in [0.1, 0.15) is 5.75 Å². The van der Waals surface area contributed by atoms with Crippen LogP contribution < -0.4 is 4.74 Å². The van der Waals surface area contributed by atoms with Gasteiger partial charge in [-0.05, 0) is 30.7 Å². The summed E-state index contributed by atoms with van der Waals surface area (Å²) in [7, 11) is 3.78. The van der Waals surface area contributed by atoms with E-state index in [0.717, 1.165) is 30.0 Å². The lowest BCUT2D eigenvalue weighted by Crippen LogP contribution is -2.23. The molecular weight excluding hydrogens is 214 g/mol. The molecule has 0 aliphatic carbocycles. The van der Waals surface area contributed by atoms with Crippen molar-refractivity contribution in [1.29, 1.82) is 0 Å². The largest absolute Gasteiger partial charge is 0.496 e. The first kappa shape index (κ1) is 14.0. The van der Waals surface area contributed by atoms with Crippen LogP contribution in [0.3, 0.4) is 0 Å². The molecule has 0 aromatic heterocycles. The minimum absolute atomic E-state index is 0.0743. The molecule has 1 N–H and O–H groups in total. The number of hydrogen-bond acceptors (Lipinski definition) is 3. The molecule has 0 heterocycles. The molecule has 96 valence electrons. The predicted octanol–water partition coefficient (Wildman–Crippen LogP) is 2.28. The molecule has 3 heteroatoms. The van der Waals surface area contributed by atoms with Crippen molar-refractivity contribution in [3.05, 3.63) is 29.3 Å². The summed E-state index contributed by atoms with van der Waals surface area (Å²) in [6, 6.07) is 5.82. The third-order valence-electron chi connectivity index (χ3n) is 2.64. The van der Waals surface area contributed by atoms with Crippen molar-refractivity contribution < 1.29 is 9.84 Å². The van der Waals surface area contributed by atoms with Gasteiger partial charge in [-0.25, -0.2) is 0 Å². The summed E-state index contributed by atoms with van der Waals surface area (Å²) in [4.78, 5) is 2.27. The molecule has 3 nitrogen and oxygen atoms in total. The maximum atomic E-state index is 9.15. The highest BCUT2D eigenvalue weighted by Gasteiger charge is 2.08. The number of aliphatic hydroxyl groups excluding tert-OH is 1. The number of rotatable bonds is 6. The van der Waals surface area contributed by atoms with Gasteiger partial charge in [0.2, 0.25) is 0 Å². The molecule has 0 radical (unpaired) electrons. The second kappa shape index (κ2) is 6.62. The van der Waals surface area contributed by atoms with Gasteiger partial charge in [0, 0.05) is 18.7 Å². The molecule has 0 spiro atoms. The van der Waals surface area contributed by atoms with Gasteiger partial charge >= 0.3 is 0 Å². The van der Waals surface area contributed by atoms with E-state index in [9.17, 15) is 0 Å². The highest BCUT2D eigenvalue weighted by Crippen LogP contribution is 2.21. The number of aliphatic hydroxyl groups is 1. The summed E-state index contributed by atoms with van der Waals surface area (Å²) >= 11 is 0. The second-order valence-electron chi connectivity index (χ2n) is 4.89. The summed E-state index contributed by atoms with van der Waals surface area (Å²) in [5.74, 6) is 1.53. The lowest BCUT2D eigenvalue weighted by molar-refractivity contribution is 0.276. The van der Waals surface area contributed by atoms with E-state index in [1.165, 1.54) is 0 Å². The van der Waals surface area contributed by atoms with Gasteiger partial charge in [0.15, 0.2) is 0 Å². The average Bonchev–Trinajstić information content (AvgIpc) is 2.27. The van der Waals surface area contributed by atoms with Crippen LogP contribution in [-0.2, 0) is 13.2 Å². The SMILES string of the molecule is COc1ccc(CO)cc1CN(C)CC(C)C. The van der Waals surface area contributed by atoms with Crippen LogP contribution >= 0.6 is 0 Å². The van der Waals surface area contributed by atoms with E-state index < -0.39 is 0 Å². The first-order valence-corrected chi connectivity index (χ1v) is 6.02. The van der Waals surface area contributed by atoms with Gasteiger partial charge in [0.05, 0.1) is 13.7 Å². The summed E-state index contributed by atoms with van der Waals surface area (Å²) in [6.07, 6.45) is 0. The Labute approximate surface area is 104 Å². The van der Waals surface area contributed by atoms with Crippen LogP contribution in [0, 0.1) is 5.92 Å². The van der Waals surface area contributed by atoms with Gasteiger partial charge in [-0.1, -0.05) is 19.9 Å². The molecule has 0 aliphatic rings. The molecule has 1 aromatic carbocycles. The lowest BCUT2D eigenvalue weighted by Gasteiger charge is -2.20. The van der Waals surface area contributed by atoms with Crippen LogP contribution in [0.1, 0.15) is 25.0 Å². The van der Waals surface area contributed by atoms with Crippen LogP contribution in [0.2, 0.25) is 0 Å². The second-order valence-corrected chi connectivity index (χ2v) is 4.89. The Balaban J connectivity index is 2.80. The first-order chi connectivity index (χ1) is 8.06. The van der Waals surface area contributed by atoms with Crippen LogP contribution in [0.4, 0.5) is 0 Å².